The monoisotopic (exact) mass is 373 g/mol. The lowest BCUT2D eigenvalue weighted by atomic mass is 9.77. The van der Waals surface area contributed by atoms with Crippen molar-refractivity contribution < 1.29 is 24.0 Å². The Morgan fingerprint density at radius 3 is 2.33 bits per heavy atom. The third-order valence-corrected chi connectivity index (χ3v) is 6.61. The van der Waals surface area contributed by atoms with Crippen LogP contribution in [-0.4, -0.2) is 44.7 Å². The molecule has 2 amide bonds. The molecule has 1 aliphatic carbocycles. The highest BCUT2D eigenvalue weighted by molar-refractivity contribution is 6.22. The second kappa shape index (κ2) is 7.50. The first-order valence-corrected chi connectivity index (χ1v) is 10.1. The molecule has 6 heteroatoms. The third-order valence-electron chi connectivity index (χ3n) is 6.61. The van der Waals surface area contributed by atoms with Crippen LogP contribution in [0.1, 0.15) is 44.9 Å². The fourth-order valence-electron chi connectivity index (χ4n) is 5.34. The van der Waals surface area contributed by atoms with Crippen LogP contribution in [0.25, 0.3) is 0 Å². The second-order valence-corrected chi connectivity index (χ2v) is 8.01. The van der Waals surface area contributed by atoms with Gasteiger partial charge in [-0.15, -0.1) is 0 Å². The Labute approximate surface area is 160 Å². The predicted molar refractivity (Wildman–Crippen MR) is 101 cm³/mol. The molecule has 3 fully saturated rings. The molecule has 1 aromatic rings. The van der Waals surface area contributed by atoms with Crippen molar-refractivity contribution in [2.75, 3.05) is 25.7 Å². The van der Waals surface area contributed by atoms with Crippen LogP contribution >= 0.6 is 0 Å². The van der Waals surface area contributed by atoms with Gasteiger partial charge in [0.15, 0.2) is 6.04 Å². The first-order valence-electron chi connectivity index (χ1n) is 10.1. The maximum atomic E-state index is 13.3. The van der Waals surface area contributed by atoms with E-state index in [4.69, 9.17) is 9.47 Å². The number of nitrogens with one attached hydrogen (secondary N) is 1. The Kier molecular flexibility index (Phi) is 5.08. The summed E-state index contributed by atoms with van der Waals surface area (Å²) in [5.41, 5.74) is 0.542. The van der Waals surface area contributed by atoms with Crippen molar-refractivity contribution in [1.82, 2.24) is 0 Å². The largest absolute Gasteiger partial charge is 0.497 e. The summed E-state index contributed by atoms with van der Waals surface area (Å²) in [5, 5.41) is 0. The van der Waals surface area contributed by atoms with Gasteiger partial charge < -0.3 is 14.4 Å². The Hall–Kier alpha value is -2.08. The molecule has 4 atom stereocenters. The van der Waals surface area contributed by atoms with Gasteiger partial charge in [-0.1, -0.05) is 6.42 Å². The summed E-state index contributed by atoms with van der Waals surface area (Å²) in [5.74, 6) is 1.68. The summed E-state index contributed by atoms with van der Waals surface area (Å²) in [4.78, 5) is 28.8. The number of hydrogen-bond donors (Lipinski definition) is 1. The molecule has 2 heterocycles. The minimum absolute atomic E-state index is 0.0727. The fraction of sp³-hybridized carbons (Fsp3) is 0.619. The maximum absolute atomic E-state index is 13.3. The Balaban J connectivity index is 1.60. The second-order valence-electron chi connectivity index (χ2n) is 8.01. The minimum atomic E-state index is -0.249. The summed E-state index contributed by atoms with van der Waals surface area (Å²) in [6, 6.07) is 5.49. The lowest BCUT2D eigenvalue weighted by Crippen LogP contribution is -3.21. The van der Waals surface area contributed by atoms with Crippen molar-refractivity contribution in [2.24, 2.45) is 5.92 Å². The highest BCUT2D eigenvalue weighted by atomic mass is 16.5. The molecule has 3 aliphatic rings. The molecular weight excluding hydrogens is 344 g/mol. The Morgan fingerprint density at radius 2 is 1.63 bits per heavy atom. The van der Waals surface area contributed by atoms with E-state index >= 15 is 0 Å². The van der Waals surface area contributed by atoms with Crippen LogP contribution < -0.4 is 19.3 Å². The van der Waals surface area contributed by atoms with Gasteiger partial charge in [0.05, 0.1) is 38.9 Å². The van der Waals surface area contributed by atoms with Gasteiger partial charge >= 0.3 is 0 Å². The number of carbonyl (C=O) groups excluding carboxylic acids is 2. The number of nitrogens with zero attached hydrogens (tertiary/aromatic N) is 1. The molecule has 4 rings (SSSR count). The number of carbonyl (C=O) groups is 2. The summed E-state index contributed by atoms with van der Waals surface area (Å²) in [6.07, 6.45) is 7.75. The van der Waals surface area contributed by atoms with Gasteiger partial charge in [-0.3, -0.25) is 9.59 Å². The number of methoxy groups -OCH3 is 2. The summed E-state index contributed by atoms with van der Waals surface area (Å²) in [6.45, 7) is 1.00. The zero-order valence-electron chi connectivity index (χ0n) is 16.2. The molecular formula is C21H29N2O4+. The SMILES string of the molecule is COc1cc(OC)cc(N2C(=O)C[C@H]([NH+]3CCC[C@H]4CCCC[C@@H]43)C2=O)c1. The van der Waals surface area contributed by atoms with Crippen molar-refractivity contribution in [1.29, 1.82) is 0 Å². The van der Waals surface area contributed by atoms with E-state index in [-0.39, 0.29) is 17.9 Å². The van der Waals surface area contributed by atoms with Crippen LogP contribution in [0, 0.1) is 5.92 Å². The zero-order chi connectivity index (χ0) is 19.0. The molecule has 6 nitrogen and oxygen atoms in total. The van der Waals surface area contributed by atoms with E-state index < -0.39 is 0 Å². The summed E-state index contributed by atoms with van der Waals surface area (Å²) < 4.78 is 10.6. The average molecular weight is 373 g/mol. The van der Waals surface area contributed by atoms with Crippen LogP contribution in [0.3, 0.4) is 0 Å². The minimum Gasteiger partial charge on any atom is -0.497 e. The Bertz CT molecular complexity index is 711. The number of hydrogen-bond acceptors (Lipinski definition) is 4. The topological polar surface area (TPSA) is 60.3 Å². The standard InChI is InChI=1S/C21H28N2O4/c1-26-16-10-15(11-17(12-16)27-2)23-20(24)13-19(21(23)25)22-9-5-7-14-6-3-4-8-18(14)22/h10-12,14,18-19H,3-9,13H2,1-2H3/p+1/t14-,18+,19+/m1/s1. The molecule has 1 aromatic carbocycles. The van der Waals surface area contributed by atoms with E-state index in [1.807, 2.05) is 0 Å². The van der Waals surface area contributed by atoms with Gasteiger partial charge in [0.25, 0.3) is 5.91 Å². The van der Waals surface area contributed by atoms with Crippen LogP contribution in [0.5, 0.6) is 11.5 Å². The summed E-state index contributed by atoms with van der Waals surface area (Å²) in [7, 11) is 3.13. The molecule has 27 heavy (non-hydrogen) atoms. The van der Waals surface area contributed by atoms with E-state index in [0.29, 0.717) is 29.6 Å². The van der Waals surface area contributed by atoms with E-state index in [1.165, 1.54) is 41.9 Å². The van der Waals surface area contributed by atoms with Gasteiger partial charge in [0.2, 0.25) is 5.91 Å². The maximum Gasteiger partial charge on any atom is 0.292 e. The number of imide groups is 1. The van der Waals surface area contributed by atoms with Crippen molar-refractivity contribution in [3.63, 3.8) is 0 Å². The van der Waals surface area contributed by atoms with Crippen molar-refractivity contribution in [3.05, 3.63) is 18.2 Å². The van der Waals surface area contributed by atoms with Crippen LogP contribution in [-0.2, 0) is 9.59 Å². The average Bonchev–Trinajstić information content (AvgIpc) is 3.00. The lowest BCUT2D eigenvalue weighted by molar-refractivity contribution is -0.950. The molecule has 1 unspecified atom stereocenters. The van der Waals surface area contributed by atoms with E-state index in [9.17, 15) is 9.59 Å². The number of fused-ring (bicyclic) bond motifs is 1. The van der Waals surface area contributed by atoms with E-state index in [2.05, 4.69) is 0 Å². The van der Waals surface area contributed by atoms with Gasteiger partial charge in [0, 0.05) is 24.1 Å². The van der Waals surface area contributed by atoms with Crippen molar-refractivity contribution in [2.45, 2.75) is 57.0 Å². The number of ether oxygens (including phenoxy) is 2. The molecule has 1 N–H and O–H groups in total. The van der Waals surface area contributed by atoms with Crippen molar-refractivity contribution >= 4 is 17.5 Å². The first-order chi connectivity index (χ1) is 13.1. The number of benzene rings is 1. The van der Waals surface area contributed by atoms with Crippen molar-refractivity contribution in [3.8, 4) is 11.5 Å². The number of rotatable bonds is 4. The summed E-state index contributed by atoms with van der Waals surface area (Å²) >= 11 is 0. The number of anilines is 1. The molecule has 2 aliphatic heterocycles. The zero-order valence-corrected chi connectivity index (χ0v) is 16.2. The van der Waals surface area contributed by atoms with Gasteiger partial charge in [-0.2, -0.15) is 0 Å². The lowest BCUT2D eigenvalue weighted by Gasteiger charge is -2.43. The fourth-order valence-corrected chi connectivity index (χ4v) is 5.34. The molecule has 1 saturated carbocycles. The predicted octanol–water partition coefficient (Wildman–Crippen LogP) is 1.57. The number of amides is 2. The molecule has 0 aromatic heterocycles. The normalized spacial score (nSPS) is 31.0. The number of piperidine rings is 1. The van der Waals surface area contributed by atoms with Gasteiger partial charge in [-0.05, 0) is 32.1 Å². The van der Waals surface area contributed by atoms with E-state index in [0.717, 1.165) is 18.9 Å². The Morgan fingerprint density at radius 1 is 0.963 bits per heavy atom. The van der Waals surface area contributed by atoms with Gasteiger partial charge in [0.1, 0.15) is 11.5 Å². The van der Waals surface area contributed by atoms with Crippen LogP contribution in [0.2, 0.25) is 0 Å². The molecule has 0 spiro atoms. The van der Waals surface area contributed by atoms with Crippen LogP contribution in [0.4, 0.5) is 5.69 Å². The number of likely N-dealkylation sites (tertiary alicyclic amines) is 1. The first kappa shape index (κ1) is 18.3. The van der Waals surface area contributed by atoms with Crippen LogP contribution in [0.15, 0.2) is 18.2 Å². The van der Waals surface area contributed by atoms with E-state index in [1.54, 1.807) is 32.4 Å². The molecule has 2 saturated heterocycles. The quantitative estimate of drug-likeness (QED) is 0.814. The third kappa shape index (κ3) is 3.31. The highest BCUT2D eigenvalue weighted by Gasteiger charge is 2.50. The molecule has 0 radical (unpaired) electrons. The molecule has 146 valence electrons. The van der Waals surface area contributed by atoms with Gasteiger partial charge in [-0.25, -0.2) is 4.90 Å². The molecule has 0 bridgehead atoms. The smallest absolute Gasteiger partial charge is 0.292 e. The highest BCUT2D eigenvalue weighted by Crippen LogP contribution is 2.33. The number of quaternary nitrogens is 1.